The molecule has 0 aliphatic carbocycles. The quantitative estimate of drug-likeness (QED) is 0.595. The van der Waals surface area contributed by atoms with Crippen molar-refractivity contribution in [3.63, 3.8) is 0 Å². The molecule has 0 aromatic carbocycles. The summed E-state index contributed by atoms with van der Waals surface area (Å²) in [4.78, 5) is 14.0. The predicted octanol–water partition coefficient (Wildman–Crippen LogP) is -0.214. The maximum atomic E-state index is 5.57. The maximum absolute atomic E-state index is 5.57. The molecule has 0 atom stereocenters. The van der Waals surface area contributed by atoms with E-state index in [0.717, 1.165) is 56.1 Å². The highest BCUT2D eigenvalue weighted by molar-refractivity contribution is 5.86. The first kappa shape index (κ1) is 14.2. The highest BCUT2D eigenvalue weighted by atomic mass is 15.3. The van der Waals surface area contributed by atoms with Crippen LogP contribution in [0.4, 0.5) is 5.82 Å². The summed E-state index contributed by atoms with van der Waals surface area (Å²) in [5.41, 5.74) is 3.45. The lowest BCUT2D eigenvalue weighted by atomic mass is 10.3. The minimum atomic E-state index is 0.635. The highest BCUT2D eigenvalue weighted by Crippen LogP contribution is 2.19. The van der Waals surface area contributed by atoms with Crippen LogP contribution in [-0.4, -0.2) is 62.3 Å². The molecule has 2 aromatic heterocycles. The molecule has 3 heterocycles. The van der Waals surface area contributed by atoms with Gasteiger partial charge in [-0.15, -0.1) is 0 Å². The van der Waals surface area contributed by atoms with Gasteiger partial charge in [-0.05, 0) is 6.54 Å². The summed E-state index contributed by atoms with van der Waals surface area (Å²) in [5.74, 6) is 6.98. The number of rotatable bonds is 4. The van der Waals surface area contributed by atoms with E-state index in [1.54, 1.807) is 10.9 Å². The van der Waals surface area contributed by atoms with E-state index in [-0.39, 0.29) is 0 Å². The molecule has 8 nitrogen and oxygen atoms in total. The zero-order valence-electron chi connectivity index (χ0n) is 12.6. The van der Waals surface area contributed by atoms with Crippen molar-refractivity contribution >= 4 is 16.9 Å². The van der Waals surface area contributed by atoms with Crippen molar-refractivity contribution in [3.8, 4) is 0 Å². The third kappa shape index (κ3) is 2.82. The summed E-state index contributed by atoms with van der Waals surface area (Å²) < 4.78 is 1.75. The zero-order chi connectivity index (χ0) is 14.8. The van der Waals surface area contributed by atoms with Crippen LogP contribution in [0.3, 0.4) is 0 Å². The summed E-state index contributed by atoms with van der Waals surface area (Å²) in [6, 6.07) is 0. The van der Waals surface area contributed by atoms with Gasteiger partial charge in [-0.2, -0.15) is 5.10 Å². The van der Waals surface area contributed by atoms with Gasteiger partial charge in [-0.25, -0.2) is 15.8 Å². The predicted molar refractivity (Wildman–Crippen MR) is 81.5 cm³/mol. The Labute approximate surface area is 123 Å². The number of piperazine rings is 1. The number of fused-ring (bicyclic) bond motifs is 1. The fourth-order valence-electron chi connectivity index (χ4n) is 2.71. The van der Waals surface area contributed by atoms with Crippen molar-refractivity contribution in [2.24, 2.45) is 12.9 Å². The number of hydrazine groups is 1. The van der Waals surface area contributed by atoms with Gasteiger partial charge >= 0.3 is 0 Å². The number of nitrogens with two attached hydrogens (primary N) is 1. The average Bonchev–Trinajstić information content (AvgIpc) is 2.89. The molecule has 21 heavy (non-hydrogen) atoms. The van der Waals surface area contributed by atoms with Crippen LogP contribution < -0.4 is 11.3 Å². The van der Waals surface area contributed by atoms with Crippen molar-refractivity contribution < 1.29 is 0 Å². The van der Waals surface area contributed by atoms with Crippen molar-refractivity contribution in [1.82, 2.24) is 29.5 Å². The van der Waals surface area contributed by atoms with Gasteiger partial charge in [-0.3, -0.25) is 9.58 Å². The first-order chi connectivity index (χ1) is 10.2. The molecule has 0 spiro atoms. The summed E-state index contributed by atoms with van der Waals surface area (Å²) >= 11 is 0. The van der Waals surface area contributed by atoms with E-state index in [0.29, 0.717) is 5.82 Å². The minimum Gasteiger partial charge on any atom is -0.308 e. The van der Waals surface area contributed by atoms with E-state index in [2.05, 4.69) is 37.2 Å². The molecule has 0 radical (unpaired) electrons. The van der Waals surface area contributed by atoms with Gasteiger partial charge in [-0.1, -0.05) is 6.92 Å². The van der Waals surface area contributed by atoms with Crippen LogP contribution in [0.2, 0.25) is 0 Å². The van der Waals surface area contributed by atoms with Crippen LogP contribution in [0.5, 0.6) is 0 Å². The Morgan fingerprint density at radius 2 is 1.90 bits per heavy atom. The number of hydrogen-bond donors (Lipinski definition) is 2. The van der Waals surface area contributed by atoms with E-state index in [1.807, 2.05) is 7.05 Å². The van der Waals surface area contributed by atoms with Crippen molar-refractivity contribution in [3.05, 3.63) is 12.0 Å². The van der Waals surface area contributed by atoms with E-state index in [1.165, 1.54) is 0 Å². The largest absolute Gasteiger partial charge is 0.308 e. The van der Waals surface area contributed by atoms with E-state index in [9.17, 15) is 0 Å². The van der Waals surface area contributed by atoms with Gasteiger partial charge in [0.1, 0.15) is 5.82 Å². The van der Waals surface area contributed by atoms with Gasteiger partial charge in [0.05, 0.1) is 18.1 Å². The molecule has 0 bridgehead atoms. The van der Waals surface area contributed by atoms with E-state index < -0.39 is 0 Å². The summed E-state index contributed by atoms with van der Waals surface area (Å²) in [6.07, 6.45) is 1.73. The molecule has 1 fully saturated rings. The van der Waals surface area contributed by atoms with Crippen molar-refractivity contribution in [1.29, 1.82) is 0 Å². The Hall–Kier alpha value is -1.77. The zero-order valence-corrected chi connectivity index (χ0v) is 12.6. The highest BCUT2D eigenvalue weighted by Gasteiger charge is 2.18. The second kappa shape index (κ2) is 5.92. The van der Waals surface area contributed by atoms with Gasteiger partial charge < -0.3 is 10.3 Å². The molecule has 0 saturated carbocycles. The molecule has 1 aliphatic heterocycles. The number of hydrogen-bond acceptors (Lipinski definition) is 7. The van der Waals surface area contributed by atoms with Gasteiger partial charge in [0.2, 0.25) is 0 Å². The fraction of sp³-hybridized carbons (Fsp3) is 0.615. The number of aromatic nitrogens is 4. The number of anilines is 1. The average molecular weight is 290 g/mol. The molecular weight excluding hydrogens is 268 g/mol. The van der Waals surface area contributed by atoms with E-state index >= 15 is 0 Å². The maximum Gasteiger partial charge on any atom is 0.163 e. The molecule has 114 valence electrons. The first-order valence-electron chi connectivity index (χ1n) is 7.31. The fourth-order valence-corrected chi connectivity index (χ4v) is 2.71. The van der Waals surface area contributed by atoms with Crippen LogP contribution in [0.1, 0.15) is 12.7 Å². The van der Waals surface area contributed by atoms with E-state index in [4.69, 9.17) is 5.84 Å². The Balaban J connectivity index is 1.79. The SMILES string of the molecule is CCN1CCN(Cc2nc(NN)c3cnn(C)c3n2)CC1. The van der Waals surface area contributed by atoms with Crippen LogP contribution in [-0.2, 0) is 13.6 Å². The molecule has 3 rings (SSSR count). The summed E-state index contributed by atoms with van der Waals surface area (Å²) in [5, 5.41) is 5.06. The van der Waals surface area contributed by atoms with Crippen LogP contribution in [0, 0.1) is 0 Å². The van der Waals surface area contributed by atoms with Crippen molar-refractivity contribution in [2.45, 2.75) is 13.5 Å². The second-order valence-corrected chi connectivity index (χ2v) is 5.35. The first-order valence-corrected chi connectivity index (χ1v) is 7.31. The summed E-state index contributed by atoms with van der Waals surface area (Å²) in [6.45, 7) is 8.37. The molecule has 0 unspecified atom stereocenters. The second-order valence-electron chi connectivity index (χ2n) is 5.35. The van der Waals surface area contributed by atoms with Gasteiger partial charge in [0.15, 0.2) is 11.5 Å². The number of aryl methyl sites for hydroxylation is 1. The Morgan fingerprint density at radius 1 is 1.19 bits per heavy atom. The lowest BCUT2D eigenvalue weighted by Gasteiger charge is -2.33. The van der Waals surface area contributed by atoms with Gasteiger partial charge in [0.25, 0.3) is 0 Å². The Morgan fingerprint density at radius 3 is 2.57 bits per heavy atom. The molecule has 0 amide bonds. The lowest BCUT2D eigenvalue weighted by Crippen LogP contribution is -2.45. The minimum absolute atomic E-state index is 0.635. The smallest absolute Gasteiger partial charge is 0.163 e. The number of likely N-dealkylation sites (N-methyl/N-ethyl adjacent to an activating group) is 1. The summed E-state index contributed by atoms with van der Waals surface area (Å²) in [7, 11) is 1.87. The van der Waals surface area contributed by atoms with Crippen molar-refractivity contribution in [2.75, 3.05) is 38.1 Å². The number of nitrogens with one attached hydrogen (secondary N) is 1. The third-order valence-electron chi connectivity index (χ3n) is 4.05. The number of nitrogens with zero attached hydrogens (tertiary/aromatic N) is 6. The van der Waals surface area contributed by atoms with Gasteiger partial charge in [0, 0.05) is 33.2 Å². The standard InChI is InChI=1S/C13H22N8/c1-3-20-4-6-21(7-5-20)9-11-16-12(18-14)10-8-15-19(2)13(10)17-11/h8H,3-7,9,14H2,1-2H3,(H,16,17,18). The number of nitrogen functional groups attached to an aromatic ring is 1. The monoisotopic (exact) mass is 290 g/mol. The molecular formula is C13H22N8. The molecule has 3 N–H and O–H groups in total. The van der Waals surface area contributed by atoms with Crippen LogP contribution >= 0.6 is 0 Å². The molecule has 8 heteroatoms. The molecule has 1 aliphatic rings. The molecule has 1 saturated heterocycles. The topological polar surface area (TPSA) is 88.1 Å². The van der Waals surface area contributed by atoms with Crippen LogP contribution in [0.25, 0.3) is 11.0 Å². The third-order valence-corrected chi connectivity index (χ3v) is 4.05. The Kier molecular flexibility index (Phi) is 4.00. The van der Waals surface area contributed by atoms with Crippen LogP contribution in [0.15, 0.2) is 6.20 Å². The lowest BCUT2D eigenvalue weighted by molar-refractivity contribution is 0.129. The molecule has 2 aromatic rings. The normalized spacial score (nSPS) is 17.5. The Bertz CT molecular complexity index is 614.